The first-order chi connectivity index (χ1) is 12.1. The summed E-state index contributed by atoms with van der Waals surface area (Å²) in [6.45, 7) is 6.21. The maximum absolute atomic E-state index is 12.9. The van der Waals surface area contributed by atoms with Gasteiger partial charge in [-0.05, 0) is 19.8 Å². The van der Waals surface area contributed by atoms with E-state index in [-0.39, 0.29) is 11.8 Å². The predicted octanol–water partition coefficient (Wildman–Crippen LogP) is 0.747. The first-order valence-electron chi connectivity index (χ1n) is 8.91. The van der Waals surface area contributed by atoms with Crippen LogP contribution in [-0.4, -0.2) is 69.9 Å². The number of rotatable bonds is 2. The standard InChI is InChI=1S/C17H24N6O2/c1-12-19-15-14(10-18-21(15)2)16(20-12)23-5-3-4-13(11-23)17(24)22-6-8-25-9-7-22/h10,13H,3-9,11H2,1-2H3/t13-/m0/s1. The molecule has 1 amide bonds. The lowest BCUT2D eigenvalue weighted by atomic mass is 9.96. The number of hydrogen-bond acceptors (Lipinski definition) is 6. The van der Waals surface area contributed by atoms with Gasteiger partial charge in [-0.1, -0.05) is 0 Å². The van der Waals surface area contributed by atoms with E-state index >= 15 is 0 Å². The summed E-state index contributed by atoms with van der Waals surface area (Å²) >= 11 is 0. The summed E-state index contributed by atoms with van der Waals surface area (Å²) < 4.78 is 7.13. The van der Waals surface area contributed by atoms with Gasteiger partial charge in [0.25, 0.3) is 0 Å². The smallest absolute Gasteiger partial charge is 0.227 e. The Morgan fingerprint density at radius 2 is 2.04 bits per heavy atom. The molecular formula is C17H24N6O2. The number of morpholine rings is 1. The Kier molecular flexibility index (Phi) is 4.29. The molecule has 2 saturated heterocycles. The molecule has 0 spiro atoms. The molecule has 8 heteroatoms. The summed E-state index contributed by atoms with van der Waals surface area (Å²) in [5, 5.41) is 5.27. The second-order valence-corrected chi connectivity index (χ2v) is 6.82. The number of carbonyl (C=O) groups excluding carboxylic acids is 1. The quantitative estimate of drug-likeness (QED) is 0.800. The normalized spacial score (nSPS) is 21.8. The van der Waals surface area contributed by atoms with Gasteiger partial charge in [-0.2, -0.15) is 5.10 Å². The van der Waals surface area contributed by atoms with Crippen molar-refractivity contribution in [3.8, 4) is 0 Å². The molecule has 2 aliphatic rings. The summed E-state index contributed by atoms with van der Waals surface area (Å²) in [6, 6.07) is 0. The number of hydrogen-bond donors (Lipinski definition) is 0. The molecule has 2 aliphatic heterocycles. The highest BCUT2D eigenvalue weighted by Gasteiger charge is 2.31. The van der Waals surface area contributed by atoms with Gasteiger partial charge in [-0.3, -0.25) is 9.48 Å². The Morgan fingerprint density at radius 3 is 2.84 bits per heavy atom. The van der Waals surface area contributed by atoms with Crippen molar-refractivity contribution in [2.75, 3.05) is 44.3 Å². The minimum absolute atomic E-state index is 0.0221. The highest BCUT2D eigenvalue weighted by atomic mass is 16.5. The van der Waals surface area contributed by atoms with Crippen LogP contribution in [0, 0.1) is 12.8 Å². The van der Waals surface area contributed by atoms with Crippen LogP contribution in [-0.2, 0) is 16.6 Å². The molecular weight excluding hydrogens is 320 g/mol. The van der Waals surface area contributed by atoms with Crippen molar-refractivity contribution in [2.24, 2.45) is 13.0 Å². The average molecular weight is 344 g/mol. The van der Waals surface area contributed by atoms with E-state index in [1.807, 2.05) is 25.1 Å². The molecule has 0 radical (unpaired) electrons. The fraction of sp³-hybridized carbons (Fsp3) is 0.647. The van der Waals surface area contributed by atoms with Gasteiger partial charge in [-0.25, -0.2) is 9.97 Å². The molecule has 2 aromatic heterocycles. The molecule has 2 fully saturated rings. The van der Waals surface area contributed by atoms with Crippen LogP contribution in [0.25, 0.3) is 11.0 Å². The molecule has 0 aromatic carbocycles. The molecule has 0 saturated carbocycles. The Morgan fingerprint density at radius 1 is 1.24 bits per heavy atom. The van der Waals surface area contributed by atoms with Crippen LogP contribution in [0.3, 0.4) is 0 Å². The molecule has 4 heterocycles. The number of piperidine rings is 1. The van der Waals surface area contributed by atoms with Gasteiger partial charge >= 0.3 is 0 Å². The van der Waals surface area contributed by atoms with Crippen LogP contribution < -0.4 is 4.90 Å². The number of amides is 1. The zero-order chi connectivity index (χ0) is 17.4. The summed E-state index contributed by atoms with van der Waals surface area (Å²) in [4.78, 5) is 26.2. The van der Waals surface area contributed by atoms with Crippen molar-refractivity contribution >= 4 is 22.8 Å². The van der Waals surface area contributed by atoms with Gasteiger partial charge in [0.2, 0.25) is 5.91 Å². The second kappa shape index (κ2) is 6.59. The van der Waals surface area contributed by atoms with Gasteiger partial charge in [0, 0.05) is 33.2 Å². The van der Waals surface area contributed by atoms with Crippen LogP contribution in [0.5, 0.6) is 0 Å². The number of nitrogens with zero attached hydrogens (tertiary/aromatic N) is 6. The fourth-order valence-corrected chi connectivity index (χ4v) is 3.77. The number of carbonyl (C=O) groups is 1. The lowest BCUT2D eigenvalue weighted by Gasteiger charge is -2.36. The van der Waals surface area contributed by atoms with Crippen molar-refractivity contribution < 1.29 is 9.53 Å². The molecule has 0 N–H and O–H groups in total. The van der Waals surface area contributed by atoms with E-state index in [1.54, 1.807) is 4.68 Å². The Labute approximate surface area is 146 Å². The van der Waals surface area contributed by atoms with Crippen LogP contribution in [0.2, 0.25) is 0 Å². The van der Waals surface area contributed by atoms with Crippen molar-refractivity contribution in [2.45, 2.75) is 19.8 Å². The van der Waals surface area contributed by atoms with E-state index in [0.717, 1.165) is 42.1 Å². The number of anilines is 1. The first kappa shape index (κ1) is 16.3. The number of ether oxygens (including phenoxy) is 1. The van der Waals surface area contributed by atoms with E-state index in [1.165, 1.54) is 0 Å². The highest BCUT2D eigenvalue weighted by Crippen LogP contribution is 2.28. The molecule has 4 rings (SSSR count). The van der Waals surface area contributed by atoms with Gasteiger partial charge in [0.15, 0.2) is 5.65 Å². The average Bonchev–Trinajstić information content (AvgIpc) is 3.02. The number of aryl methyl sites for hydroxylation is 2. The molecule has 25 heavy (non-hydrogen) atoms. The van der Waals surface area contributed by atoms with E-state index in [2.05, 4.69) is 20.0 Å². The van der Waals surface area contributed by atoms with Gasteiger partial charge in [-0.15, -0.1) is 0 Å². The molecule has 0 unspecified atom stereocenters. The van der Waals surface area contributed by atoms with Crippen LogP contribution in [0.15, 0.2) is 6.20 Å². The monoisotopic (exact) mass is 344 g/mol. The van der Waals surface area contributed by atoms with Crippen molar-refractivity contribution in [1.82, 2.24) is 24.6 Å². The van der Waals surface area contributed by atoms with Gasteiger partial charge < -0.3 is 14.5 Å². The topological polar surface area (TPSA) is 76.4 Å². The molecule has 134 valence electrons. The molecule has 8 nitrogen and oxygen atoms in total. The summed E-state index contributed by atoms with van der Waals surface area (Å²) in [5.41, 5.74) is 0.837. The second-order valence-electron chi connectivity index (χ2n) is 6.82. The Balaban J connectivity index is 1.58. The lowest BCUT2D eigenvalue weighted by molar-refractivity contribution is -0.139. The van der Waals surface area contributed by atoms with E-state index in [4.69, 9.17) is 4.74 Å². The molecule has 1 atom stereocenters. The number of fused-ring (bicyclic) bond motifs is 1. The summed E-state index contributed by atoms with van der Waals surface area (Å²) in [6.07, 6.45) is 3.75. The van der Waals surface area contributed by atoms with E-state index in [0.29, 0.717) is 32.8 Å². The fourth-order valence-electron chi connectivity index (χ4n) is 3.77. The largest absolute Gasteiger partial charge is 0.378 e. The Hall–Kier alpha value is -2.22. The third kappa shape index (κ3) is 3.06. The van der Waals surface area contributed by atoms with E-state index in [9.17, 15) is 4.79 Å². The molecule has 0 aliphatic carbocycles. The predicted molar refractivity (Wildman–Crippen MR) is 93.4 cm³/mol. The van der Waals surface area contributed by atoms with Crippen molar-refractivity contribution in [3.63, 3.8) is 0 Å². The van der Waals surface area contributed by atoms with Crippen LogP contribution in [0.4, 0.5) is 5.82 Å². The van der Waals surface area contributed by atoms with Crippen LogP contribution in [0.1, 0.15) is 18.7 Å². The van der Waals surface area contributed by atoms with Gasteiger partial charge in [0.1, 0.15) is 11.6 Å². The van der Waals surface area contributed by atoms with Crippen molar-refractivity contribution in [3.05, 3.63) is 12.0 Å². The van der Waals surface area contributed by atoms with Crippen LogP contribution >= 0.6 is 0 Å². The third-order valence-corrected chi connectivity index (χ3v) is 5.08. The minimum atomic E-state index is 0.0221. The number of aromatic nitrogens is 4. The SMILES string of the molecule is Cc1nc(N2CCC[C@H](C(=O)N3CCOCC3)C2)c2cnn(C)c2n1. The highest BCUT2D eigenvalue weighted by molar-refractivity contribution is 5.87. The minimum Gasteiger partial charge on any atom is -0.378 e. The Bertz CT molecular complexity index is 783. The molecule has 2 aromatic rings. The first-order valence-corrected chi connectivity index (χ1v) is 8.91. The maximum Gasteiger partial charge on any atom is 0.227 e. The third-order valence-electron chi connectivity index (χ3n) is 5.08. The maximum atomic E-state index is 12.9. The van der Waals surface area contributed by atoms with E-state index < -0.39 is 0 Å². The molecule has 0 bridgehead atoms. The van der Waals surface area contributed by atoms with Gasteiger partial charge in [0.05, 0.1) is 30.7 Å². The zero-order valence-electron chi connectivity index (χ0n) is 14.8. The van der Waals surface area contributed by atoms with Crippen molar-refractivity contribution in [1.29, 1.82) is 0 Å². The summed E-state index contributed by atoms with van der Waals surface area (Å²) in [7, 11) is 1.89. The zero-order valence-corrected chi connectivity index (χ0v) is 14.8. The lowest BCUT2D eigenvalue weighted by Crippen LogP contribution is -2.48. The summed E-state index contributed by atoms with van der Waals surface area (Å²) in [5.74, 6) is 1.90.